The van der Waals surface area contributed by atoms with Crippen LogP contribution >= 0.6 is 0 Å². The van der Waals surface area contributed by atoms with E-state index in [2.05, 4.69) is 4.72 Å². The third kappa shape index (κ3) is 3.81. The molecule has 0 radical (unpaired) electrons. The predicted molar refractivity (Wildman–Crippen MR) is 60.0 cm³/mol. The molecule has 0 saturated heterocycles. The summed E-state index contributed by atoms with van der Waals surface area (Å²) in [4.78, 5) is 10.9. The van der Waals surface area contributed by atoms with Crippen molar-refractivity contribution in [3.8, 4) is 0 Å². The molecule has 0 amide bonds. The van der Waals surface area contributed by atoms with Crippen molar-refractivity contribution in [1.29, 1.82) is 0 Å². The van der Waals surface area contributed by atoms with Crippen LogP contribution in [0.15, 0.2) is 18.2 Å². The molecule has 5 heteroatoms. The summed E-state index contributed by atoms with van der Waals surface area (Å²) >= 11 is -2.08. The largest absolute Gasteiger partial charge is 0.300 e. The fourth-order valence-corrected chi connectivity index (χ4v) is 1.68. The van der Waals surface area contributed by atoms with Crippen LogP contribution in [0.25, 0.3) is 0 Å². The molecule has 0 aliphatic heterocycles. The molecule has 0 aromatic heterocycles. The van der Waals surface area contributed by atoms with Gasteiger partial charge >= 0.3 is 0 Å². The van der Waals surface area contributed by atoms with Gasteiger partial charge in [0, 0.05) is 6.42 Å². The Balaban J connectivity index is 2.94. The van der Waals surface area contributed by atoms with E-state index in [1.54, 1.807) is 6.07 Å². The number of carbonyl (C=O) groups excluding carboxylic acids is 1. The number of hydrogen-bond acceptors (Lipinski definition) is 2. The summed E-state index contributed by atoms with van der Waals surface area (Å²) in [6, 6.07) is 5.36. The molecular weight excluding hydrogens is 214 g/mol. The van der Waals surface area contributed by atoms with Crippen molar-refractivity contribution < 1.29 is 13.6 Å². The second-order valence-corrected chi connectivity index (χ2v) is 4.08. The normalized spacial score (nSPS) is 12.2. The van der Waals surface area contributed by atoms with Gasteiger partial charge in [-0.05, 0) is 31.0 Å². The van der Waals surface area contributed by atoms with Gasteiger partial charge in [-0.15, -0.1) is 0 Å². The molecule has 1 aromatic carbocycles. The lowest BCUT2D eigenvalue weighted by Crippen LogP contribution is -2.05. The molecule has 2 N–H and O–H groups in total. The van der Waals surface area contributed by atoms with E-state index in [1.165, 1.54) is 6.92 Å². The van der Waals surface area contributed by atoms with Gasteiger partial charge in [0.05, 0.1) is 5.69 Å². The SMILES string of the molecule is CC(=O)Cc1ccc(C)c(NS(=O)O)c1. The van der Waals surface area contributed by atoms with Gasteiger partial charge in [0.2, 0.25) is 0 Å². The van der Waals surface area contributed by atoms with E-state index < -0.39 is 11.3 Å². The van der Waals surface area contributed by atoms with Gasteiger partial charge in [-0.2, -0.15) is 0 Å². The minimum absolute atomic E-state index is 0.0647. The highest BCUT2D eigenvalue weighted by molar-refractivity contribution is 7.80. The van der Waals surface area contributed by atoms with E-state index in [0.29, 0.717) is 12.1 Å². The fraction of sp³-hybridized carbons (Fsp3) is 0.300. The van der Waals surface area contributed by atoms with Crippen LogP contribution in [-0.2, 0) is 22.5 Å². The average molecular weight is 227 g/mol. The Morgan fingerprint density at radius 1 is 1.53 bits per heavy atom. The Kier molecular flexibility index (Phi) is 3.99. The summed E-state index contributed by atoms with van der Waals surface area (Å²) in [6.45, 7) is 3.34. The highest BCUT2D eigenvalue weighted by Crippen LogP contribution is 2.17. The van der Waals surface area contributed by atoms with Crippen molar-refractivity contribution in [2.24, 2.45) is 0 Å². The minimum Gasteiger partial charge on any atom is -0.300 e. The predicted octanol–water partition coefficient (Wildman–Crippen LogP) is 1.68. The first-order chi connectivity index (χ1) is 6.99. The maximum Gasteiger partial charge on any atom is 0.259 e. The maximum atomic E-state index is 10.9. The molecule has 0 aliphatic carbocycles. The fourth-order valence-electron chi connectivity index (χ4n) is 1.27. The molecule has 1 aromatic rings. The monoisotopic (exact) mass is 227 g/mol. The van der Waals surface area contributed by atoms with Crippen LogP contribution in [-0.4, -0.2) is 14.5 Å². The van der Waals surface area contributed by atoms with Crippen molar-refractivity contribution >= 4 is 22.7 Å². The molecular formula is C10H13NO3S. The molecule has 0 heterocycles. The summed E-state index contributed by atoms with van der Waals surface area (Å²) in [5, 5.41) is 0. The molecule has 82 valence electrons. The maximum absolute atomic E-state index is 10.9. The lowest BCUT2D eigenvalue weighted by atomic mass is 10.1. The van der Waals surface area contributed by atoms with Gasteiger partial charge in [0.25, 0.3) is 11.3 Å². The molecule has 1 unspecified atom stereocenters. The first-order valence-corrected chi connectivity index (χ1v) is 5.56. The number of anilines is 1. The minimum atomic E-state index is -2.08. The first kappa shape index (κ1) is 11.9. The Labute approximate surface area is 91.1 Å². The molecule has 0 spiro atoms. The first-order valence-electron chi connectivity index (χ1n) is 4.45. The van der Waals surface area contributed by atoms with Crippen LogP contribution < -0.4 is 4.72 Å². The molecule has 0 fully saturated rings. The summed E-state index contributed by atoms with van der Waals surface area (Å²) < 4.78 is 21.7. The quantitative estimate of drug-likeness (QED) is 0.769. The van der Waals surface area contributed by atoms with Gasteiger partial charge in [0.15, 0.2) is 0 Å². The van der Waals surface area contributed by atoms with Gasteiger partial charge in [-0.1, -0.05) is 12.1 Å². The van der Waals surface area contributed by atoms with Crippen LogP contribution in [0.5, 0.6) is 0 Å². The molecule has 1 rings (SSSR count). The number of nitrogens with one attached hydrogen (secondary N) is 1. The van der Waals surface area contributed by atoms with E-state index in [-0.39, 0.29) is 5.78 Å². The lowest BCUT2D eigenvalue weighted by Gasteiger charge is -2.07. The molecule has 0 bridgehead atoms. The van der Waals surface area contributed by atoms with Crippen molar-refractivity contribution in [1.82, 2.24) is 0 Å². The highest BCUT2D eigenvalue weighted by Gasteiger charge is 2.04. The number of Topliss-reactive ketones (excluding diaryl/α,β-unsaturated/α-hetero) is 1. The second kappa shape index (κ2) is 5.04. The van der Waals surface area contributed by atoms with E-state index >= 15 is 0 Å². The van der Waals surface area contributed by atoms with E-state index in [9.17, 15) is 9.00 Å². The molecule has 1 atom stereocenters. The number of aryl methyl sites for hydroxylation is 1. The Morgan fingerprint density at radius 3 is 2.73 bits per heavy atom. The lowest BCUT2D eigenvalue weighted by molar-refractivity contribution is -0.116. The zero-order chi connectivity index (χ0) is 11.4. The summed E-state index contributed by atoms with van der Waals surface area (Å²) in [7, 11) is 0. The zero-order valence-corrected chi connectivity index (χ0v) is 9.43. The van der Waals surface area contributed by atoms with Crippen LogP contribution in [0, 0.1) is 6.92 Å². The zero-order valence-electron chi connectivity index (χ0n) is 8.61. The summed E-state index contributed by atoms with van der Waals surface area (Å²) in [5.74, 6) is 0.0647. The van der Waals surface area contributed by atoms with Crippen LogP contribution in [0.3, 0.4) is 0 Å². The second-order valence-electron chi connectivity index (χ2n) is 3.38. The molecule has 0 saturated carbocycles. The van der Waals surface area contributed by atoms with Crippen molar-refractivity contribution in [2.75, 3.05) is 4.72 Å². The Morgan fingerprint density at radius 2 is 2.20 bits per heavy atom. The standard InChI is InChI=1S/C10H13NO3S/c1-7-3-4-9(5-8(2)12)6-10(7)11-15(13)14/h3-4,6,11H,5H2,1-2H3,(H,13,14). The number of rotatable bonds is 4. The van der Waals surface area contributed by atoms with E-state index in [1.807, 2.05) is 19.1 Å². The molecule has 15 heavy (non-hydrogen) atoms. The van der Waals surface area contributed by atoms with Crippen LogP contribution in [0.2, 0.25) is 0 Å². The highest BCUT2D eigenvalue weighted by atomic mass is 32.2. The van der Waals surface area contributed by atoms with Crippen molar-refractivity contribution in [2.45, 2.75) is 20.3 Å². The van der Waals surface area contributed by atoms with Gasteiger partial charge < -0.3 is 0 Å². The van der Waals surface area contributed by atoms with Crippen LogP contribution in [0.4, 0.5) is 5.69 Å². The van der Waals surface area contributed by atoms with Crippen molar-refractivity contribution in [3.05, 3.63) is 29.3 Å². The summed E-state index contributed by atoms with van der Waals surface area (Å²) in [6.07, 6.45) is 0.340. The number of carbonyl (C=O) groups is 1. The van der Waals surface area contributed by atoms with E-state index in [0.717, 1.165) is 11.1 Å². The van der Waals surface area contributed by atoms with Crippen molar-refractivity contribution in [3.63, 3.8) is 0 Å². The molecule has 0 aliphatic rings. The van der Waals surface area contributed by atoms with Gasteiger partial charge in [-0.3, -0.25) is 14.1 Å². The Hall–Kier alpha value is -1.20. The Bertz CT molecular complexity index is 404. The van der Waals surface area contributed by atoms with Gasteiger partial charge in [-0.25, -0.2) is 4.21 Å². The third-order valence-electron chi connectivity index (χ3n) is 1.95. The van der Waals surface area contributed by atoms with Crippen LogP contribution in [0.1, 0.15) is 18.1 Å². The topological polar surface area (TPSA) is 66.4 Å². The molecule has 4 nitrogen and oxygen atoms in total. The average Bonchev–Trinajstić information content (AvgIpc) is 2.09. The number of benzene rings is 1. The third-order valence-corrected chi connectivity index (χ3v) is 2.35. The van der Waals surface area contributed by atoms with Gasteiger partial charge in [0.1, 0.15) is 5.78 Å². The summed E-state index contributed by atoms with van der Waals surface area (Å²) in [5.41, 5.74) is 2.28. The number of ketones is 1. The number of hydrogen-bond donors (Lipinski definition) is 2. The van der Waals surface area contributed by atoms with E-state index in [4.69, 9.17) is 4.55 Å². The smallest absolute Gasteiger partial charge is 0.259 e.